The summed E-state index contributed by atoms with van der Waals surface area (Å²) >= 11 is 0. The number of nitrogens with two attached hydrogens (primary N) is 2. The van der Waals surface area contributed by atoms with Gasteiger partial charge in [-0.2, -0.15) is 0 Å². The molecule has 3 rings (SSSR count). The lowest BCUT2D eigenvalue weighted by Crippen LogP contribution is -2.13. The van der Waals surface area contributed by atoms with Crippen LogP contribution in [0.1, 0.15) is 10.5 Å². The molecule has 0 unspecified atom stereocenters. The van der Waals surface area contributed by atoms with Gasteiger partial charge in [0.05, 0.1) is 0 Å². The van der Waals surface area contributed by atoms with Gasteiger partial charge < -0.3 is 16.2 Å². The summed E-state index contributed by atoms with van der Waals surface area (Å²) in [5.74, 6) is 0.0892. The minimum absolute atomic E-state index is 0.0719. The maximum atomic E-state index is 10.9. The van der Waals surface area contributed by atoms with Crippen molar-refractivity contribution < 1.29 is 9.53 Å². The van der Waals surface area contributed by atoms with Gasteiger partial charge in [0.15, 0.2) is 11.4 Å². The molecule has 104 valence electrons. The number of aromatic nitrogens is 3. The Morgan fingerprint density at radius 2 is 1.95 bits per heavy atom. The van der Waals surface area contributed by atoms with E-state index in [0.717, 1.165) is 5.39 Å². The van der Waals surface area contributed by atoms with Crippen LogP contribution in [0.15, 0.2) is 42.6 Å². The molecule has 7 heteroatoms. The second kappa shape index (κ2) is 5.04. The molecule has 0 atom stereocenters. The highest BCUT2D eigenvalue weighted by Crippen LogP contribution is 2.30. The molecule has 0 saturated heterocycles. The third-order valence-electron chi connectivity index (χ3n) is 2.87. The van der Waals surface area contributed by atoms with Gasteiger partial charge in [-0.25, -0.2) is 0 Å². The normalized spacial score (nSPS) is 10.5. The molecular formula is C14H11N5O2. The molecule has 2 aromatic heterocycles. The molecule has 0 saturated carbocycles. The van der Waals surface area contributed by atoms with Gasteiger partial charge in [-0.3, -0.25) is 9.78 Å². The number of amides is 1. The van der Waals surface area contributed by atoms with Crippen LogP contribution in [-0.2, 0) is 0 Å². The Labute approximate surface area is 119 Å². The molecular weight excluding hydrogens is 270 g/mol. The van der Waals surface area contributed by atoms with Gasteiger partial charge in [0.1, 0.15) is 5.52 Å². The van der Waals surface area contributed by atoms with Crippen molar-refractivity contribution in [2.75, 3.05) is 5.73 Å². The average Bonchev–Trinajstić information content (AvgIpc) is 2.51. The van der Waals surface area contributed by atoms with E-state index in [9.17, 15) is 4.79 Å². The van der Waals surface area contributed by atoms with Crippen molar-refractivity contribution in [1.82, 2.24) is 15.2 Å². The number of rotatable bonds is 3. The summed E-state index contributed by atoms with van der Waals surface area (Å²) in [6.07, 6.45) is 1.65. The van der Waals surface area contributed by atoms with Gasteiger partial charge in [0.25, 0.3) is 5.91 Å². The molecule has 0 spiro atoms. The fourth-order valence-corrected chi connectivity index (χ4v) is 1.87. The summed E-state index contributed by atoms with van der Waals surface area (Å²) in [7, 11) is 0. The van der Waals surface area contributed by atoms with E-state index in [2.05, 4.69) is 15.2 Å². The van der Waals surface area contributed by atoms with Crippen LogP contribution in [0.25, 0.3) is 10.9 Å². The number of carbonyl (C=O) groups excluding carboxylic acids is 1. The zero-order chi connectivity index (χ0) is 14.8. The monoisotopic (exact) mass is 281 g/mol. The second-order valence-electron chi connectivity index (χ2n) is 4.28. The van der Waals surface area contributed by atoms with Crippen molar-refractivity contribution in [3.8, 4) is 11.6 Å². The van der Waals surface area contributed by atoms with Crippen molar-refractivity contribution >= 4 is 22.5 Å². The average molecular weight is 281 g/mol. The Bertz CT molecular complexity index is 817. The summed E-state index contributed by atoms with van der Waals surface area (Å²) in [6.45, 7) is 0. The Morgan fingerprint density at radius 1 is 1.10 bits per heavy atom. The van der Waals surface area contributed by atoms with Crippen LogP contribution in [0.3, 0.4) is 0 Å². The maximum Gasteiger partial charge on any atom is 0.269 e. The highest BCUT2D eigenvalue weighted by atomic mass is 16.5. The van der Waals surface area contributed by atoms with Crippen LogP contribution in [0.4, 0.5) is 5.69 Å². The van der Waals surface area contributed by atoms with Gasteiger partial charge in [-0.15, -0.1) is 10.2 Å². The minimum atomic E-state index is -0.645. The lowest BCUT2D eigenvalue weighted by Gasteiger charge is -2.08. The van der Waals surface area contributed by atoms with Crippen molar-refractivity contribution in [2.24, 2.45) is 5.73 Å². The first-order valence-electron chi connectivity index (χ1n) is 6.10. The molecule has 0 fully saturated rings. The Morgan fingerprint density at radius 3 is 2.67 bits per heavy atom. The highest BCUT2D eigenvalue weighted by molar-refractivity contribution is 5.94. The summed E-state index contributed by atoms with van der Waals surface area (Å²) in [5.41, 5.74) is 12.3. The van der Waals surface area contributed by atoms with Crippen LogP contribution in [-0.4, -0.2) is 21.1 Å². The molecule has 1 amide bonds. The largest absolute Gasteiger partial charge is 0.435 e. The first-order chi connectivity index (χ1) is 10.1. The number of carbonyl (C=O) groups is 1. The van der Waals surface area contributed by atoms with Crippen molar-refractivity contribution in [2.45, 2.75) is 0 Å². The lowest BCUT2D eigenvalue weighted by molar-refractivity contribution is 0.0994. The second-order valence-corrected chi connectivity index (χ2v) is 4.28. The number of anilines is 1. The van der Waals surface area contributed by atoms with Crippen LogP contribution in [0.5, 0.6) is 11.6 Å². The van der Waals surface area contributed by atoms with Gasteiger partial charge in [-0.1, -0.05) is 0 Å². The van der Waals surface area contributed by atoms with Gasteiger partial charge in [0.2, 0.25) is 5.88 Å². The first kappa shape index (κ1) is 12.8. The standard InChI is InChI=1S/C14H11N5O2/c15-9-3-5-11(13-8(9)2-1-7-17-13)21-12-6-4-10(14(16)20)18-19-12/h1-7H,15H2,(H2,16,20). The van der Waals surface area contributed by atoms with Crippen molar-refractivity contribution in [3.63, 3.8) is 0 Å². The number of nitrogen functional groups attached to an aromatic ring is 1. The van der Waals surface area contributed by atoms with Crippen molar-refractivity contribution in [1.29, 1.82) is 0 Å². The quantitative estimate of drug-likeness (QED) is 0.702. The summed E-state index contributed by atoms with van der Waals surface area (Å²) in [6, 6.07) is 10.0. The first-order valence-corrected chi connectivity index (χ1v) is 6.10. The Balaban J connectivity index is 1.98. The van der Waals surface area contributed by atoms with E-state index in [1.165, 1.54) is 12.1 Å². The number of primary amides is 1. The molecule has 3 aromatic rings. The van der Waals surface area contributed by atoms with E-state index in [1.54, 1.807) is 24.4 Å². The van der Waals surface area contributed by atoms with Crippen LogP contribution < -0.4 is 16.2 Å². The summed E-state index contributed by atoms with van der Waals surface area (Å²) < 4.78 is 5.64. The van der Waals surface area contributed by atoms with Crippen LogP contribution in [0, 0.1) is 0 Å². The number of benzene rings is 1. The van der Waals surface area contributed by atoms with E-state index in [4.69, 9.17) is 16.2 Å². The number of nitrogens with zero attached hydrogens (tertiary/aromatic N) is 3. The third kappa shape index (κ3) is 2.44. The van der Waals surface area contributed by atoms with E-state index in [0.29, 0.717) is 17.0 Å². The smallest absolute Gasteiger partial charge is 0.269 e. The topological polar surface area (TPSA) is 117 Å². The minimum Gasteiger partial charge on any atom is -0.435 e. The van der Waals surface area contributed by atoms with Crippen LogP contribution in [0.2, 0.25) is 0 Å². The van der Waals surface area contributed by atoms with Gasteiger partial charge >= 0.3 is 0 Å². The number of fused-ring (bicyclic) bond motifs is 1. The molecule has 7 nitrogen and oxygen atoms in total. The Hall–Kier alpha value is -3.22. The maximum absolute atomic E-state index is 10.9. The molecule has 21 heavy (non-hydrogen) atoms. The third-order valence-corrected chi connectivity index (χ3v) is 2.87. The SMILES string of the molecule is NC(=O)c1ccc(Oc2ccc(N)c3cccnc23)nn1. The highest BCUT2D eigenvalue weighted by Gasteiger charge is 2.09. The zero-order valence-corrected chi connectivity index (χ0v) is 10.9. The molecule has 0 aliphatic rings. The predicted octanol–water partition coefficient (Wildman–Crippen LogP) is 1.50. The van der Waals surface area contributed by atoms with Crippen LogP contribution >= 0.6 is 0 Å². The number of pyridine rings is 1. The predicted molar refractivity (Wildman–Crippen MR) is 76.8 cm³/mol. The van der Waals surface area contributed by atoms with E-state index < -0.39 is 5.91 Å². The number of hydrogen-bond acceptors (Lipinski definition) is 6. The molecule has 0 aliphatic heterocycles. The summed E-state index contributed by atoms with van der Waals surface area (Å²) in [5, 5.41) is 8.26. The van der Waals surface area contributed by atoms with Gasteiger partial charge in [-0.05, 0) is 30.3 Å². The zero-order valence-electron chi connectivity index (χ0n) is 10.9. The molecule has 0 aliphatic carbocycles. The lowest BCUT2D eigenvalue weighted by atomic mass is 10.2. The molecule has 4 N–H and O–H groups in total. The molecule has 0 bridgehead atoms. The Kier molecular flexibility index (Phi) is 3.07. The number of ether oxygens (including phenoxy) is 1. The van der Waals surface area contributed by atoms with E-state index in [-0.39, 0.29) is 11.6 Å². The molecule has 1 aromatic carbocycles. The fourth-order valence-electron chi connectivity index (χ4n) is 1.87. The molecule has 0 radical (unpaired) electrons. The molecule has 2 heterocycles. The number of hydrogen-bond donors (Lipinski definition) is 2. The van der Waals surface area contributed by atoms with Gasteiger partial charge in [0, 0.05) is 23.3 Å². The summed E-state index contributed by atoms with van der Waals surface area (Å²) in [4.78, 5) is 15.2. The van der Waals surface area contributed by atoms with Crippen molar-refractivity contribution in [3.05, 3.63) is 48.3 Å². The van der Waals surface area contributed by atoms with E-state index >= 15 is 0 Å². The fraction of sp³-hybridized carbons (Fsp3) is 0. The van der Waals surface area contributed by atoms with E-state index in [1.807, 2.05) is 6.07 Å².